The summed E-state index contributed by atoms with van der Waals surface area (Å²) >= 11 is 0. The van der Waals surface area contributed by atoms with Gasteiger partial charge in [-0.1, -0.05) is 65.8 Å². The van der Waals surface area contributed by atoms with Gasteiger partial charge in [-0.15, -0.1) is 0 Å². The van der Waals surface area contributed by atoms with Crippen LogP contribution in [0, 0.1) is 0 Å². The lowest BCUT2D eigenvalue weighted by Crippen LogP contribution is -2.32. The largest absolute Gasteiger partial charge is 0.339 e. The molecule has 4 rings (SSSR count). The van der Waals surface area contributed by atoms with Gasteiger partial charge in [0.2, 0.25) is 17.6 Å². The molecule has 6 nitrogen and oxygen atoms in total. The SMILES string of the molecule is O=C(CCc1nc(-c2cccnc2)no1)N(CCc1ccccc1)Cc1ccccc1. The summed E-state index contributed by atoms with van der Waals surface area (Å²) in [5, 5.41) is 4.00. The fourth-order valence-corrected chi connectivity index (χ4v) is 3.35. The number of pyridine rings is 1. The molecule has 0 N–H and O–H groups in total. The molecule has 0 bridgehead atoms. The average Bonchev–Trinajstić information content (AvgIpc) is 3.31. The first kappa shape index (κ1) is 20.5. The molecular formula is C25H24N4O2. The Hall–Kier alpha value is -3.80. The van der Waals surface area contributed by atoms with E-state index < -0.39 is 0 Å². The zero-order valence-electron chi connectivity index (χ0n) is 17.2. The van der Waals surface area contributed by atoms with E-state index in [9.17, 15) is 4.79 Å². The van der Waals surface area contributed by atoms with Crippen LogP contribution in [-0.2, 0) is 24.2 Å². The van der Waals surface area contributed by atoms with Gasteiger partial charge in [0.25, 0.3) is 0 Å². The predicted molar refractivity (Wildman–Crippen MR) is 118 cm³/mol. The molecule has 0 radical (unpaired) electrons. The molecule has 0 atom stereocenters. The Balaban J connectivity index is 1.39. The molecule has 1 amide bonds. The van der Waals surface area contributed by atoms with Gasteiger partial charge < -0.3 is 9.42 Å². The van der Waals surface area contributed by atoms with Crippen molar-refractivity contribution >= 4 is 5.91 Å². The van der Waals surface area contributed by atoms with Crippen LogP contribution in [0.2, 0.25) is 0 Å². The van der Waals surface area contributed by atoms with E-state index in [2.05, 4.69) is 27.3 Å². The van der Waals surface area contributed by atoms with E-state index in [0.29, 0.717) is 37.6 Å². The first-order chi connectivity index (χ1) is 15.3. The molecule has 4 aromatic rings. The number of carbonyl (C=O) groups is 1. The molecule has 6 heteroatoms. The number of benzene rings is 2. The highest BCUT2D eigenvalue weighted by atomic mass is 16.5. The highest BCUT2D eigenvalue weighted by Gasteiger charge is 2.16. The van der Waals surface area contributed by atoms with Crippen LogP contribution in [0.3, 0.4) is 0 Å². The zero-order valence-corrected chi connectivity index (χ0v) is 17.2. The minimum atomic E-state index is 0.0703. The van der Waals surface area contributed by atoms with Crippen molar-refractivity contribution in [1.82, 2.24) is 20.0 Å². The number of rotatable bonds is 9. The first-order valence-electron chi connectivity index (χ1n) is 10.4. The van der Waals surface area contributed by atoms with Gasteiger partial charge in [-0.2, -0.15) is 4.98 Å². The summed E-state index contributed by atoms with van der Waals surface area (Å²) in [5.41, 5.74) is 3.12. The van der Waals surface area contributed by atoms with Crippen molar-refractivity contribution in [2.45, 2.75) is 25.8 Å². The standard InChI is InChI=1S/C25H24N4O2/c30-24(14-13-23-27-25(28-31-23)22-12-7-16-26-18-22)29(19-21-10-5-2-6-11-21)17-15-20-8-3-1-4-9-20/h1-12,16,18H,13-15,17,19H2. The number of amides is 1. The maximum absolute atomic E-state index is 13.0. The summed E-state index contributed by atoms with van der Waals surface area (Å²) in [4.78, 5) is 23.4. The van der Waals surface area contributed by atoms with E-state index >= 15 is 0 Å². The maximum Gasteiger partial charge on any atom is 0.227 e. The molecule has 31 heavy (non-hydrogen) atoms. The van der Waals surface area contributed by atoms with Crippen LogP contribution >= 0.6 is 0 Å². The van der Waals surface area contributed by atoms with Gasteiger partial charge >= 0.3 is 0 Å². The number of carbonyl (C=O) groups excluding carboxylic acids is 1. The second-order valence-corrected chi connectivity index (χ2v) is 7.29. The molecule has 2 heterocycles. The van der Waals surface area contributed by atoms with Crippen LogP contribution in [0.15, 0.2) is 89.7 Å². The maximum atomic E-state index is 13.0. The fraction of sp³-hybridized carbons (Fsp3) is 0.200. The second kappa shape index (κ2) is 10.3. The average molecular weight is 412 g/mol. The van der Waals surface area contributed by atoms with Crippen LogP contribution in [-0.4, -0.2) is 32.5 Å². The molecular weight excluding hydrogens is 388 g/mol. The van der Waals surface area contributed by atoms with Crippen LogP contribution in [0.4, 0.5) is 0 Å². The van der Waals surface area contributed by atoms with Crippen molar-refractivity contribution in [2.75, 3.05) is 6.54 Å². The second-order valence-electron chi connectivity index (χ2n) is 7.29. The van der Waals surface area contributed by atoms with Crippen LogP contribution in [0.5, 0.6) is 0 Å². The van der Waals surface area contributed by atoms with Gasteiger partial charge in [-0.3, -0.25) is 9.78 Å². The summed E-state index contributed by atoms with van der Waals surface area (Å²) < 4.78 is 5.34. The molecule has 2 aromatic heterocycles. The summed E-state index contributed by atoms with van der Waals surface area (Å²) in [6, 6.07) is 24.0. The van der Waals surface area contributed by atoms with Crippen LogP contribution < -0.4 is 0 Å². The summed E-state index contributed by atoms with van der Waals surface area (Å²) in [5.74, 6) is 1.01. The third-order valence-corrected chi connectivity index (χ3v) is 5.02. The smallest absolute Gasteiger partial charge is 0.227 e. The molecule has 0 spiro atoms. The Morgan fingerprint density at radius 1 is 0.871 bits per heavy atom. The highest BCUT2D eigenvalue weighted by Crippen LogP contribution is 2.15. The molecule has 0 saturated heterocycles. The van der Waals surface area contributed by atoms with Crippen LogP contribution in [0.25, 0.3) is 11.4 Å². The number of nitrogens with zero attached hydrogens (tertiary/aromatic N) is 4. The molecule has 0 fully saturated rings. The van der Waals surface area contributed by atoms with E-state index in [1.807, 2.05) is 65.6 Å². The quantitative estimate of drug-likeness (QED) is 0.409. The normalized spacial score (nSPS) is 10.7. The van der Waals surface area contributed by atoms with Gasteiger partial charge in [-0.05, 0) is 29.7 Å². The molecule has 0 aliphatic carbocycles. The molecule has 156 valence electrons. The zero-order chi connectivity index (χ0) is 21.3. The Labute approximate surface area is 181 Å². The molecule has 0 unspecified atom stereocenters. The lowest BCUT2D eigenvalue weighted by Gasteiger charge is -2.23. The summed E-state index contributed by atoms with van der Waals surface area (Å²) in [7, 11) is 0. The Morgan fingerprint density at radius 2 is 1.61 bits per heavy atom. The molecule has 0 saturated carbocycles. The Morgan fingerprint density at radius 3 is 2.32 bits per heavy atom. The van der Waals surface area contributed by atoms with E-state index in [-0.39, 0.29) is 5.91 Å². The third kappa shape index (κ3) is 5.85. The number of hydrogen-bond acceptors (Lipinski definition) is 5. The van der Waals surface area contributed by atoms with Crippen LogP contribution in [0.1, 0.15) is 23.4 Å². The highest BCUT2D eigenvalue weighted by molar-refractivity contribution is 5.76. The van der Waals surface area contributed by atoms with Gasteiger partial charge in [0.15, 0.2) is 0 Å². The van der Waals surface area contributed by atoms with Gasteiger partial charge in [0, 0.05) is 43.9 Å². The fourth-order valence-electron chi connectivity index (χ4n) is 3.35. The van der Waals surface area contributed by atoms with Crippen molar-refractivity contribution in [3.63, 3.8) is 0 Å². The molecule has 2 aromatic carbocycles. The molecule has 0 aliphatic rings. The van der Waals surface area contributed by atoms with E-state index in [1.54, 1.807) is 12.4 Å². The summed E-state index contributed by atoms with van der Waals surface area (Å²) in [6.07, 6.45) is 4.91. The van der Waals surface area contributed by atoms with E-state index in [1.165, 1.54) is 5.56 Å². The minimum Gasteiger partial charge on any atom is -0.339 e. The minimum absolute atomic E-state index is 0.0703. The Kier molecular flexibility index (Phi) is 6.80. The van der Waals surface area contributed by atoms with Crippen molar-refractivity contribution in [1.29, 1.82) is 0 Å². The number of aromatic nitrogens is 3. The Bertz CT molecular complexity index is 1080. The lowest BCUT2D eigenvalue weighted by molar-refractivity contribution is -0.131. The topological polar surface area (TPSA) is 72.1 Å². The van der Waals surface area contributed by atoms with E-state index in [4.69, 9.17) is 4.52 Å². The molecule has 0 aliphatic heterocycles. The van der Waals surface area contributed by atoms with Crippen molar-refractivity contribution < 1.29 is 9.32 Å². The van der Waals surface area contributed by atoms with Crippen molar-refractivity contribution in [3.8, 4) is 11.4 Å². The number of hydrogen-bond donors (Lipinski definition) is 0. The lowest BCUT2D eigenvalue weighted by atomic mass is 10.1. The number of aryl methyl sites for hydroxylation is 1. The predicted octanol–water partition coefficient (Wildman–Crippen LogP) is 4.34. The van der Waals surface area contributed by atoms with Gasteiger partial charge in [0.1, 0.15) is 0 Å². The van der Waals surface area contributed by atoms with Crippen molar-refractivity contribution in [2.24, 2.45) is 0 Å². The van der Waals surface area contributed by atoms with Gasteiger partial charge in [0.05, 0.1) is 0 Å². The monoisotopic (exact) mass is 412 g/mol. The third-order valence-electron chi connectivity index (χ3n) is 5.02. The first-order valence-corrected chi connectivity index (χ1v) is 10.4. The van der Waals surface area contributed by atoms with Crippen molar-refractivity contribution in [3.05, 3.63) is 102 Å². The van der Waals surface area contributed by atoms with E-state index in [0.717, 1.165) is 17.5 Å². The van der Waals surface area contributed by atoms with Gasteiger partial charge in [-0.25, -0.2) is 0 Å². The summed E-state index contributed by atoms with van der Waals surface area (Å²) in [6.45, 7) is 1.24.